The molecule has 6 atom stereocenters. The number of rotatable bonds is 29. The minimum Gasteiger partial charge on any atom is -0.487 e. The minimum absolute atomic E-state index is 0.0146. The van der Waals surface area contributed by atoms with Gasteiger partial charge in [-0.1, -0.05) is 94.2 Å². The largest absolute Gasteiger partial charge is 0.487 e. The van der Waals surface area contributed by atoms with Gasteiger partial charge in [-0.2, -0.15) is 0 Å². The van der Waals surface area contributed by atoms with Gasteiger partial charge in [0.2, 0.25) is 5.91 Å². The fraction of sp³-hybridized carbons (Fsp3) is 0.804. The van der Waals surface area contributed by atoms with Crippen LogP contribution < -0.4 is 14.8 Å². The summed E-state index contributed by atoms with van der Waals surface area (Å²) in [6, 6.07) is -0.193. The van der Waals surface area contributed by atoms with Crippen LogP contribution >= 0.6 is 29.0 Å². The third kappa shape index (κ3) is 18.4. The van der Waals surface area contributed by atoms with Crippen molar-refractivity contribution in [3.8, 4) is 11.5 Å². The summed E-state index contributed by atoms with van der Waals surface area (Å²) in [6.45, 7) is 22.2. The second-order valence-electron chi connectivity index (χ2n) is 18.3. The van der Waals surface area contributed by atoms with Gasteiger partial charge in [0.1, 0.15) is 17.1 Å². The second kappa shape index (κ2) is 26.3. The average Bonchev–Trinajstić information content (AvgIpc) is 3.56. The number of amides is 2. The molecule has 2 aliphatic heterocycles. The van der Waals surface area contributed by atoms with Gasteiger partial charge in [0.25, 0.3) is 5.91 Å². The smallest absolute Gasteiger partial charge is 0.257 e. The van der Waals surface area contributed by atoms with Crippen LogP contribution in [0.15, 0.2) is 0 Å². The number of nitrogens with one attached hydrogen (secondary N) is 1. The van der Waals surface area contributed by atoms with Crippen LogP contribution in [0.5, 0.6) is 11.5 Å². The first-order valence-corrected chi connectivity index (χ1v) is 27.1. The van der Waals surface area contributed by atoms with Gasteiger partial charge in [-0.25, -0.2) is 0 Å². The maximum atomic E-state index is 12.9. The normalized spacial score (nSPS) is 21.2. The molecule has 0 bridgehead atoms. The molecule has 0 aliphatic carbocycles. The number of nitrogens with zero attached hydrogens (tertiary/aromatic N) is 1. The Labute approximate surface area is 366 Å². The van der Waals surface area contributed by atoms with Gasteiger partial charge < -0.3 is 39.0 Å². The number of hydrogen-bond acceptors (Lipinski definition) is 10. The van der Waals surface area contributed by atoms with E-state index in [1.165, 1.54) is 56.9 Å². The van der Waals surface area contributed by atoms with Crippen molar-refractivity contribution >= 4 is 40.8 Å². The number of β-amino-alcohol motifs (C(OH)–C–C–N with tert-alkyl or cyclic N) is 1. The van der Waals surface area contributed by atoms with Gasteiger partial charge in [-0.3, -0.25) is 16.3 Å². The van der Waals surface area contributed by atoms with E-state index >= 15 is 0 Å². The van der Waals surface area contributed by atoms with Crippen LogP contribution in [0.2, 0.25) is 0 Å². The highest BCUT2D eigenvalue weighted by atomic mass is 33.1. The Morgan fingerprint density at radius 2 is 1.64 bits per heavy atom. The third-order valence-corrected chi connectivity index (χ3v) is 16.4. The summed E-state index contributed by atoms with van der Waals surface area (Å²) in [6.07, 6.45) is 15.1. The zero-order valence-corrected chi connectivity index (χ0v) is 40.4. The number of carbonyl (C=O) groups excluding carboxylic acids is 2. The van der Waals surface area contributed by atoms with E-state index in [1.54, 1.807) is 26.5 Å². The Bertz CT molecular complexity index is 1500. The van der Waals surface area contributed by atoms with Gasteiger partial charge >= 0.3 is 0 Å². The predicted molar refractivity (Wildman–Crippen MR) is 247 cm³/mol. The van der Waals surface area contributed by atoms with E-state index in [2.05, 4.69) is 67.4 Å². The van der Waals surface area contributed by atoms with Crippen molar-refractivity contribution in [1.29, 1.82) is 0 Å². The first kappa shape index (κ1) is 51.9. The van der Waals surface area contributed by atoms with Crippen molar-refractivity contribution in [2.45, 2.75) is 169 Å². The van der Waals surface area contributed by atoms with E-state index in [1.807, 2.05) is 0 Å². The molecule has 10 nitrogen and oxygen atoms in total. The van der Waals surface area contributed by atoms with E-state index in [9.17, 15) is 19.3 Å². The van der Waals surface area contributed by atoms with Crippen molar-refractivity contribution in [3.63, 3.8) is 0 Å². The van der Waals surface area contributed by atoms with Gasteiger partial charge in [-0.05, 0) is 113 Å². The summed E-state index contributed by atoms with van der Waals surface area (Å²) in [4.78, 5) is 27.4. The van der Waals surface area contributed by atoms with Gasteiger partial charge in [-0.15, -0.1) is 0 Å². The molecule has 3 rings (SSSR count). The van der Waals surface area contributed by atoms with Gasteiger partial charge in [0.05, 0.1) is 26.7 Å². The molecule has 59 heavy (non-hydrogen) atoms. The highest BCUT2D eigenvalue weighted by Crippen LogP contribution is 2.47. The molecule has 1 fully saturated rings. The maximum Gasteiger partial charge on any atom is 0.257 e. The molecule has 1 aromatic rings. The topological polar surface area (TPSA) is 135 Å². The van der Waals surface area contributed by atoms with Crippen molar-refractivity contribution in [2.24, 2.45) is 17.8 Å². The number of aliphatic hydroxyl groups excluding tert-OH is 2. The number of aliphatic hydroxyl groups is 2. The lowest BCUT2D eigenvalue weighted by atomic mass is 9.83. The molecule has 2 amide bonds. The Kier molecular flexibility index (Phi) is 23.1. The lowest BCUT2D eigenvalue weighted by molar-refractivity contribution is -0.132. The number of likely N-dealkylation sites (tertiary alicyclic amines) is 1. The average molecular weight is 884 g/mol. The molecular formula is C46H80N2O8PS2-. The SMILES string of the molecule is [CH2-]P(=O)(CC[C@@H]1C[C@@H](O)CN1C(=O)CCCSSCCNC(=O)COc1c(C)c(C)c2c(c1C)CCC(C)(CCCC(C)CCCC(C)CCCC(C)C)O2)OCCO. The standard InChI is InChI=1S/C46H80N2O8PS2/c1-33(2)14-10-15-34(3)16-11-17-35(4)18-12-22-46(8)23-20-41-38(7)44(36(5)37(6)45(41)56-46)54-32-42(51)47-24-29-59-58-28-13-19-43(52)48-31-40(50)30-39(48)21-27-57(9,53)55-26-25-49/h33-35,39-40,49-50H,9-32H2,1-8H3,(H,47,51)/q-1/t34?,35?,39-,40-,46?,57?/m1/s1. The number of fused-ring (bicyclic) bond motifs is 1. The van der Waals surface area contributed by atoms with E-state index in [-0.39, 0.29) is 56.0 Å². The molecule has 1 aromatic carbocycles. The summed E-state index contributed by atoms with van der Waals surface area (Å²) < 4.78 is 30.6. The molecule has 340 valence electrons. The van der Waals surface area contributed by atoms with Crippen LogP contribution in [-0.2, 0) is 25.1 Å². The molecule has 0 aromatic heterocycles. The van der Waals surface area contributed by atoms with E-state index in [0.29, 0.717) is 32.2 Å². The number of carbonyl (C=O) groups is 2. The zero-order valence-electron chi connectivity index (χ0n) is 37.9. The molecule has 4 unspecified atom stereocenters. The highest BCUT2D eigenvalue weighted by molar-refractivity contribution is 8.76. The zero-order chi connectivity index (χ0) is 43.6. The molecule has 0 radical (unpaired) electrons. The summed E-state index contributed by atoms with van der Waals surface area (Å²) in [5.74, 6) is 5.55. The third-order valence-electron chi connectivity index (χ3n) is 12.3. The van der Waals surface area contributed by atoms with Crippen LogP contribution in [0, 0.1) is 45.2 Å². The van der Waals surface area contributed by atoms with Crippen LogP contribution in [0.1, 0.15) is 147 Å². The lowest BCUT2D eigenvalue weighted by Gasteiger charge is -2.38. The quantitative estimate of drug-likeness (QED) is 0.0309. The molecule has 13 heteroatoms. The Morgan fingerprint density at radius 1 is 0.983 bits per heavy atom. The highest BCUT2D eigenvalue weighted by Gasteiger charge is 2.36. The Morgan fingerprint density at radius 3 is 2.32 bits per heavy atom. The van der Waals surface area contributed by atoms with Gasteiger partial charge in [0, 0.05) is 42.6 Å². The van der Waals surface area contributed by atoms with E-state index in [4.69, 9.17) is 19.1 Å². The van der Waals surface area contributed by atoms with Gasteiger partial charge in [0.15, 0.2) is 6.61 Å². The molecule has 3 N–H and O–H groups in total. The number of hydrogen-bond donors (Lipinski definition) is 3. The molecule has 1 saturated heterocycles. The molecule has 2 heterocycles. The number of ether oxygens (including phenoxy) is 2. The first-order valence-electron chi connectivity index (χ1n) is 22.6. The minimum atomic E-state index is -3.10. The fourth-order valence-electron chi connectivity index (χ4n) is 8.53. The van der Waals surface area contributed by atoms with Crippen LogP contribution in [0.4, 0.5) is 0 Å². The lowest BCUT2D eigenvalue weighted by Crippen LogP contribution is -2.37. The van der Waals surface area contributed by atoms with Crippen molar-refractivity contribution < 1.29 is 38.4 Å². The fourth-order valence-corrected chi connectivity index (χ4v) is 11.8. The first-order chi connectivity index (χ1) is 27.9. The molecular weight excluding hydrogens is 804 g/mol. The monoisotopic (exact) mass is 884 g/mol. The van der Waals surface area contributed by atoms with Crippen molar-refractivity contribution in [1.82, 2.24) is 10.2 Å². The van der Waals surface area contributed by atoms with E-state index < -0.39 is 13.5 Å². The van der Waals surface area contributed by atoms with Crippen molar-refractivity contribution in [3.05, 3.63) is 28.9 Å². The molecule has 0 saturated carbocycles. The Balaban J connectivity index is 1.32. The summed E-state index contributed by atoms with van der Waals surface area (Å²) in [5, 5.41) is 22.1. The van der Waals surface area contributed by atoms with Crippen LogP contribution in [0.25, 0.3) is 0 Å². The summed E-state index contributed by atoms with van der Waals surface area (Å²) >= 11 is 0. The molecule has 2 aliphatic rings. The van der Waals surface area contributed by atoms with Crippen LogP contribution in [0.3, 0.4) is 0 Å². The summed E-state index contributed by atoms with van der Waals surface area (Å²) in [5.41, 5.74) is 4.23. The number of benzene rings is 1. The van der Waals surface area contributed by atoms with Crippen LogP contribution in [-0.4, -0.2) is 95.3 Å². The van der Waals surface area contributed by atoms with Crippen molar-refractivity contribution in [2.75, 3.05) is 50.6 Å². The second-order valence-corrected chi connectivity index (χ2v) is 23.3. The molecule has 0 spiro atoms. The predicted octanol–water partition coefficient (Wildman–Crippen LogP) is 10.2. The van der Waals surface area contributed by atoms with E-state index in [0.717, 1.165) is 76.7 Å². The summed E-state index contributed by atoms with van der Waals surface area (Å²) in [7, 11) is 0.229. The Hall–Kier alpha value is -1.43. The maximum absolute atomic E-state index is 12.9.